The van der Waals surface area contributed by atoms with E-state index in [0.29, 0.717) is 31.7 Å². The van der Waals surface area contributed by atoms with E-state index in [1.165, 1.54) is 6.07 Å². The molecular weight excluding hydrogens is 221 g/mol. The van der Waals surface area contributed by atoms with Crippen LogP contribution < -0.4 is 11.1 Å². The van der Waals surface area contributed by atoms with Crippen molar-refractivity contribution in [3.8, 4) is 0 Å². The fraction of sp³-hybridized carbons (Fsp3) is 0.417. The van der Waals surface area contributed by atoms with Crippen LogP contribution in [0.3, 0.4) is 0 Å². The largest absolute Gasteiger partial charge is 0.337 e. The van der Waals surface area contributed by atoms with Crippen LogP contribution >= 0.6 is 0 Å². The molecule has 1 aliphatic heterocycles. The Kier molecular flexibility index (Phi) is 3.58. The summed E-state index contributed by atoms with van der Waals surface area (Å²) in [6.07, 6.45) is 0. The van der Waals surface area contributed by atoms with Gasteiger partial charge in [-0.25, -0.2) is 9.18 Å². The smallest absolute Gasteiger partial charge is 0.317 e. The van der Waals surface area contributed by atoms with Crippen LogP contribution in [0.25, 0.3) is 0 Å². The lowest BCUT2D eigenvalue weighted by Crippen LogP contribution is -2.51. The Hall–Kier alpha value is -1.62. The van der Waals surface area contributed by atoms with Crippen molar-refractivity contribution < 1.29 is 9.18 Å². The molecule has 0 spiro atoms. The van der Waals surface area contributed by atoms with Crippen LogP contribution in [-0.2, 0) is 0 Å². The zero-order valence-electron chi connectivity index (χ0n) is 9.53. The molecule has 92 valence electrons. The molecule has 5 heteroatoms. The SMILES string of the molecule is NCCN1CC(c2ccccc2F)CNC1=O. The number of carbonyl (C=O) groups excluding carboxylic acids is 1. The third-order valence-electron chi connectivity index (χ3n) is 2.97. The van der Waals surface area contributed by atoms with Gasteiger partial charge in [0.25, 0.3) is 0 Å². The van der Waals surface area contributed by atoms with E-state index in [-0.39, 0.29) is 17.8 Å². The number of nitrogens with one attached hydrogen (secondary N) is 1. The van der Waals surface area contributed by atoms with Crippen molar-refractivity contribution in [2.45, 2.75) is 5.92 Å². The van der Waals surface area contributed by atoms with Gasteiger partial charge in [-0.15, -0.1) is 0 Å². The van der Waals surface area contributed by atoms with Crippen LogP contribution in [0.2, 0.25) is 0 Å². The zero-order valence-corrected chi connectivity index (χ0v) is 9.53. The van der Waals surface area contributed by atoms with Crippen LogP contribution in [0.15, 0.2) is 24.3 Å². The summed E-state index contributed by atoms with van der Waals surface area (Å²) >= 11 is 0. The fourth-order valence-electron chi connectivity index (χ4n) is 2.10. The summed E-state index contributed by atoms with van der Waals surface area (Å²) in [5.41, 5.74) is 6.09. The molecule has 1 fully saturated rings. The van der Waals surface area contributed by atoms with Crippen LogP contribution in [0.5, 0.6) is 0 Å². The van der Waals surface area contributed by atoms with Gasteiger partial charge in [-0.2, -0.15) is 0 Å². The second kappa shape index (κ2) is 5.14. The summed E-state index contributed by atoms with van der Waals surface area (Å²) in [7, 11) is 0. The number of rotatable bonds is 3. The maximum Gasteiger partial charge on any atom is 0.317 e. The average Bonchev–Trinajstić information content (AvgIpc) is 2.33. The molecule has 1 saturated heterocycles. The summed E-state index contributed by atoms with van der Waals surface area (Å²) in [5.74, 6) is -0.234. The lowest BCUT2D eigenvalue weighted by Gasteiger charge is -2.33. The zero-order chi connectivity index (χ0) is 12.3. The molecule has 1 heterocycles. The van der Waals surface area contributed by atoms with Gasteiger partial charge in [0, 0.05) is 32.1 Å². The molecule has 2 amide bonds. The highest BCUT2D eigenvalue weighted by atomic mass is 19.1. The molecular formula is C12H16FN3O. The minimum atomic E-state index is -0.221. The highest BCUT2D eigenvalue weighted by Crippen LogP contribution is 2.22. The molecule has 1 aromatic carbocycles. The maximum absolute atomic E-state index is 13.6. The monoisotopic (exact) mass is 237 g/mol. The fourth-order valence-corrected chi connectivity index (χ4v) is 2.10. The quantitative estimate of drug-likeness (QED) is 0.820. The van der Waals surface area contributed by atoms with E-state index in [1.54, 1.807) is 17.0 Å². The normalized spacial score (nSPS) is 20.2. The van der Waals surface area contributed by atoms with E-state index in [0.717, 1.165) is 0 Å². The highest BCUT2D eigenvalue weighted by Gasteiger charge is 2.27. The Bertz CT molecular complexity index is 410. The average molecular weight is 237 g/mol. The van der Waals surface area contributed by atoms with Gasteiger partial charge in [0.05, 0.1) is 0 Å². The molecule has 0 aliphatic carbocycles. The Balaban J connectivity index is 2.13. The summed E-state index contributed by atoms with van der Waals surface area (Å²) in [6, 6.07) is 6.56. The first-order valence-corrected chi connectivity index (χ1v) is 5.69. The number of amides is 2. The van der Waals surface area contributed by atoms with Gasteiger partial charge in [0.2, 0.25) is 0 Å². The summed E-state index contributed by atoms with van der Waals surface area (Å²) in [6.45, 7) is 1.90. The Labute approximate surface area is 99.6 Å². The van der Waals surface area contributed by atoms with Crippen molar-refractivity contribution in [2.24, 2.45) is 5.73 Å². The summed E-state index contributed by atoms with van der Waals surface area (Å²) in [5, 5.41) is 2.76. The topological polar surface area (TPSA) is 58.4 Å². The van der Waals surface area contributed by atoms with Crippen molar-refractivity contribution in [3.63, 3.8) is 0 Å². The minimum Gasteiger partial charge on any atom is -0.337 e. The Morgan fingerprint density at radius 1 is 1.47 bits per heavy atom. The minimum absolute atomic E-state index is 0.0135. The lowest BCUT2D eigenvalue weighted by molar-refractivity contribution is 0.181. The Morgan fingerprint density at radius 2 is 2.24 bits per heavy atom. The molecule has 0 radical (unpaired) electrons. The highest BCUT2D eigenvalue weighted by molar-refractivity contribution is 5.75. The first-order valence-electron chi connectivity index (χ1n) is 5.69. The molecule has 1 aromatic rings. The number of halogens is 1. The van der Waals surface area contributed by atoms with E-state index in [1.807, 2.05) is 6.07 Å². The first kappa shape index (κ1) is 11.9. The van der Waals surface area contributed by atoms with Crippen molar-refractivity contribution >= 4 is 6.03 Å². The van der Waals surface area contributed by atoms with Crippen molar-refractivity contribution in [2.75, 3.05) is 26.2 Å². The van der Waals surface area contributed by atoms with E-state index >= 15 is 0 Å². The molecule has 17 heavy (non-hydrogen) atoms. The van der Waals surface area contributed by atoms with Gasteiger partial charge in [0.15, 0.2) is 0 Å². The summed E-state index contributed by atoms with van der Waals surface area (Å²) < 4.78 is 13.6. The predicted octanol–water partition coefficient (Wildman–Crippen LogP) is 0.893. The number of benzene rings is 1. The maximum atomic E-state index is 13.6. The Morgan fingerprint density at radius 3 is 2.94 bits per heavy atom. The third-order valence-corrected chi connectivity index (χ3v) is 2.97. The molecule has 4 nitrogen and oxygen atoms in total. The standard InChI is InChI=1S/C12H16FN3O/c13-11-4-2-1-3-10(11)9-7-15-12(17)16(8-9)6-5-14/h1-4,9H,5-8,14H2,(H,15,17). The molecule has 1 aliphatic rings. The molecule has 0 saturated carbocycles. The van der Waals surface area contributed by atoms with Crippen LogP contribution in [0.4, 0.5) is 9.18 Å². The molecule has 1 atom stereocenters. The second-order valence-corrected chi connectivity index (χ2v) is 4.14. The number of hydrogen-bond acceptors (Lipinski definition) is 2. The molecule has 0 aromatic heterocycles. The molecule has 0 bridgehead atoms. The number of nitrogens with zero attached hydrogens (tertiary/aromatic N) is 1. The van der Waals surface area contributed by atoms with Gasteiger partial charge in [-0.1, -0.05) is 18.2 Å². The van der Waals surface area contributed by atoms with Crippen LogP contribution in [0, 0.1) is 5.82 Å². The van der Waals surface area contributed by atoms with Crippen molar-refractivity contribution in [3.05, 3.63) is 35.6 Å². The van der Waals surface area contributed by atoms with E-state index in [4.69, 9.17) is 5.73 Å². The van der Waals surface area contributed by atoms with Crippen LogP contribution in [0.1, 0.15) is 11.5 Å². The van der Waals surface area contributed by atoms with Gasteiger partial charge < -0.3 is 16.0 Å². The van der Waals surface area contributed by atoms with E-state index in [2.05, 4.69) is 5.32 Å². The van der Waals surface area contributed by atoms with Crippen molar-refractivity contribution in [1.29, 1.82) is 0 Å². The van der Waals surface area contributed by atoms with Gasteiger partial charge in [-0.05, 0) is 11.6 Å². The number of hydrogen-bond donors (Lipinski definition) is 2. The van der Waals surface area contributed by atoms with E-state index in [9.17, 15) is 9.18 Å². The molecule has 3 N–H and O–H groups in total. The summed E-state index contributed by atoms with van der Waals surface area (Å²) in [4.78, 5) is 13.1. The third kappa shape index (κ3) is 2.55. The molecule has 2 rings (SSSR count). The number of carbonyl (C=O) groups is 1. The van der Waals surface area contributed by atoms with Gasteiger partial charge >= 0.3 is 6.03 Å². The second-order valence-electron chi connectivity index (χ2n) is 4.14. The lowest BCUT2D eigenvalue weighted by atomic mass is 9.96. The van der Waals surface area contributed by atoms with E-state index < -0.39 is 0 Å². The molecule has 1 unspecified atom stereocenters. The predicted molar refractivity (Wildman–Crippen MR) is 63.2 cm³/mol. The van der Waals surface area contributed by atoms with Crippen LogP contribution in [-0.4, -0.2) is 37.1 Å². The number of nitrogens with two attached hydrogens (primary N) is 1. The van der Waals surface area contributed by atoms with Crippen molar-refractivity contribution in [1.82, 2.24) is 10.2 Å². The number of urea groups is 1. The van der Waals surface area contributed by atoms with Gasteiger partial charge in [0.1, 0.15) is 5.82 Å². The first-order chi connectivity index (χ1) is 8.22. The van der Waals surface area contributed by atoms with Gasteiger partial charge in [-0.3, -0.25) is 0 Å².